The van der Waals surface area contributed by atoms with Crippen LogP contribution in [0.15, 0.2) is 0 Å². The van der Waals surface area contributed by atoms with Crippen LogP contribution in [-0.2, 0) is 9.47 Å². The molecule has 0 spiro atoms. The van der Waals surface area contributed by atoms with Crippen LogP contribution in [0.5, 0.6) is 0 Å². The van der Waals surface area contributed by atoms with Crippen molar-refractivity contribution in [2.24, 2.45) is 35.5 Å². The molecule has 8 unspecified atom stereocenters. The van der Waals surface area contributed by atoms with Gasteiger partial charge >= 0.3 is 0 Å². The molecule has 0 aromatic heterocycles. The van der Waals surface area contributed by atoms with E-state index >= 15 is 0 Å². The summed E-state index contributed by atoms with van der Waals surface area (Å²) < 4.78 is 12.1. The Hall–Kier alpha value is -0.0800. The van der Waals surface area contributed by atoms with Crippen molar-refractivity contribution in [1.29, 1.82) is 0 Å². The Morgan fingerprint density at radius 3 is 2.24 bits per heavy atom. The van der Waals surface area contributed by atoms with Gasteiger partial charge in [-0.15, -0.1) is 0 Å². The molecule has 8 atom stereocenters. The zero-order chi connectivity index (χ0) is 15.4. The number of ether oxygens (including phenoxy) is 2. The van der Waals surface area contributed by atoms with Crippen molar-refractivity contribution in [2.75, 3.05) is 6.61 Å². The highest BCUT2D eigenvalue weighted by Gasteiger charge is 2.60. The van der Waals surface area contributed by atoms with Crippen LogP contribution in [0.1, 0.15) is 60.8 Å². The van der Waals surface area contributed by atoms with Crippen molar-refractivity contribution in [2.45, 2.75) is 78.6 Å². The summed E-state index contributed by atoms with van der Waals surface area (Å²) in [5.74, 6) is 4.53. The van der Waals surface area contributed by atoms with E-state index in [1.54, 1.807) is 0 Å². The monoisotopic (exact) mass is 294 g/mol. The van der Waals surface area contributed by atoms with Gasteiger partial charge < -0.3 is 9.47 Å². The van der Waals surface area contributed by atoms with Crippen molar-refractivity contribution in [3.8, 4) is 0 Å². The Labute approximate surface area is 131 Å². The lowest BCUT2D eigenvalue weighted by molar-refractivity contribution is -0.0747. The molecular formula is C19H34O2. The van der Waals surface area contributed by atoms with Gasteiger partial charge in [-0.05, 0) is 68.6 Å². The highest BCUT2D eigenvalue weighted by molar-refractivity contribution is 5.08. The van der Waals surface area contributed by atoms with E-state index in [2.05, 4.69) is 41.5 Å². The number of hydrogen-bond donors (Lipinski definition) is 0. The van der Waals surface area contributed by atoms with Crippen molar-refractivity contribution in [1.82, 2.24) is 0 Å². The molecule has 0 aromatic rings. The van der Waals surface area contributed by atoms with Crippen LogP contribution in [0.4, 0.5) is 0 Å². The molecule has 122 valence electrons. The molecule has 0 bridgehead atoms. The SMILES string of the molecule is CC(C)C(C1COC(C)C(C)C1)C1CC(C)C2OC2(C)C1. The van der Waals surface area contributed by atoms with Gasteiger partial charge in [0.15, 0.2) is 0 Å². The molecule has 2 saturated heterocycles. The van der Waals surface area contributed by atoms with Gasteiger partial charge in [-0.3, -0.25) is 0 Å². The smallest absolute Gasteiger partial charge is 0.0926 e. The molecule has 0 amide bonds. The number of epoxide rings is 1. The van der Waals surface area contributed by atoms with Crippen LogP contribution in [0.2, 0.25) is 0 Å². The minimum absolute atomic E-state index is 0.198. The molecule has 1 saturated carbocycles. The molecule has 3 aliphatic rings. The van der Waals surface area contributed by atoms with Crippen LogP contribution >= 0.6 is 0 Å². The van der Waals surface area contributed by atoms with Gasteiger partial charge in [0.25, 0.3) is 0 Å². The Morgan fingerprint density at radius 1 is 1.00 bits per heavy atom. The fourth-order valence-corrected chi connectivity index (χ4v) is 5.56. The maximum absolute atomic E-state index is 6.08. The molecule has 21 heavy (non-hydrogen) atoms. The van der Waals surface area contributed by atoms with E-state index in [1.165, 1.54) is 19.3 Å². The van der Waals surface area contributed by atoms with E-state index in [4.69, 9.17) is 9.47 Å². The summed E-state index contributed by atoms with van der Waals surface area (Å²) in [7, 11) is 0. The fraction of sp³-hybridized carbons (Fsp3) is 1.00. The van der Waals surface area contributed by atoms with E-state index in [0.717, 1.165) is 36.2 Å². The first-order valence-electron chi connectivity index (χ1n) is 9.11. The molecule has 2 aliphatic heterocycles. The van der Waals surface area contributed by atoms with Crippen LogP contribution < -0.4 is 0 Å². The Kier molecular flexibility index (Phi) is 4.16. The van der Waals surface area contributed by atoms with Crippen molar-refractivity contribution in [3.63, 3.8) is 0 Å². The third kappa shape index (κ3) is 2.91. The standard InChI is InChI=1S/C19H34O2/c1-11(2)17(16-7-12(3)14(5)20-10-16)15-8-13(4)18-19(6,9-15)21-18/h11-18H,7-10H2,1-6H3. The van der Waals surface area contributed by atoms with Crippen LogP contribution in [0, 0.1) is 35.5 Å². The van der Waals surface area contributed by atoms with Crippen LogP contribution in [0.3, 0.4) is 0 Å². The molecule has 2 nitrogen and oxygen atoms in total. The lowest BCUT2D eigenvalue weighted by atomic mass is 9.63. The van der Waals surface area contributed by atoms with Gasteiger partial charge in [-0.2, -0.15) is 0 Å². The molecule has 3 fully saturated rings. The summed E-state index contributed by atoms with van der Waals surface area (Å²) in [5.41, 5.74) is 0.198. The van der Waals surface area contributed by atoms with Crippen LogP contribution in [0.25, 0.3) is 0 Å². The normalized spacial score (nSPS) is 51.6. The molecule has 0 aromatic carbocycles. The van der Waals surface area contributed by atoms with Crippen molar-refractivity contribution >= 4 is 0 Å². The van der Waals surface area contributed by atoms with Gasteiger partial charge in [0.2, 0.25) is 0 Å². The third-order valence-corrected chi connectivity index (χ3v) is 6.71. The van der Waals surface area contributed by atoms with Gasteiger partial charge in [0.05, 0.1) is 24.4 Å². The lowest BCUT2D eigenvalue weighted by Crippen LogP contribution is -2.42. The van der Waals surface area contributed by atoms with E-state index in [0.29, 0.717) is 18.1 Å². The second-order valence-corrected chi connectivity index (χ2v) is 8.86. The summed E-state index contributed by atoms with van der Waals surface area (Å²) in [6.07, 6.45) is 4.95. The molecule has 2 heterocycles. The van der Waals surface area contributed by atoms with E-state index in [9.17, 15) is 0 Å². The summed E-state index contributed by atoms with van der Waals surface area (Å²) in [6, 6.07) is 0. The fourth-order valence-electron chi connectivity index (χ4n) is 5.56. The summed E-state index contributed by atoms with van der Waals surface area (Å²) >= 11 is 0. The maximum atomic E-state index is 6.08. The first kappa shape index (κ1) is 15.8. The van der Waals surface area contributed by atoms with Crippen molar-refractivity contribution in [3.05, 3.63) is 0 Å². The van der Waals surface area contributed by atoms with E-state index in [1.807, 2.05) is 0 Å². The largest absolute Gasteiger partial charge is 0.378 e. The van der Waals surface area contributed by atoms with Gasteiger partial charge in [-0.1, -0.05) is 27.7 Å². The molecule has 0 radical (unpaired) electrons. The summed E-state index contributed by atoms with van der Waals surface area (Å²) in [5, 5.41) is 0. The number of hydrogen-bond acceptors (Lipinski definition) is 2. The topological polar surface area (TPSA) is 21.8 Å². The van der Waals surface area contributed by atoms with Gasteiger partial charge in [-0.25, -0.2) is 0 Å². The van der Waals surface area contributed by atoms with Crippen molar-refractivity contribution < 1.29 is 9.47 Å². The predicted molar refractivity (Wildman–Crippen MR) is 86.2 cm³/mol. The second kappa shape index (κ2) is 5.53. The van der Waals surface area contributed by atoms with E-state index in [-0.39, 0.29) is 5.60 Å². The average Bonchev–Trinajstić information content (AvgIpc) is 3.06. The quantitative estimate of drug-likeness (QED) is 0.714. The first-order chi connectivity index (χ1) is 9.82. The highest BCUT2D eigenvalue weighted by Crippen LogP contribution is 2.56. The maximum Gasteiger partial charge on any atom is 0.0926 e. The molecule has 3 rings (SSSR count). The molecule has 2 heteroatoms. The molecule has 1 aliphatic carbocycles. The number of fused-ring (bicyclic) bond motifs is 1. The van der Waals surface area contributed by atoms with Gasteiger partial charge in [0, 0.05) is 0 Å². The predicted octanol–water partition coefficient (Wildman–Crippen LogP) is 4.52. The minimum Gasteiger partial charge on any atom is -0.378 e. The minimum atomic E-state index is 0.198. The van der Waals surface area contributed by atoms with Crippen LogP contribution in [-0.4, -0.2) is 24.4 Å². The average molecular weight is 294 g/mol. The lowest BCUT2D eigenvalue weighted by Gasteiger charge is -2.44. The molecule has 0 N–H and O–H groups in total. The Bertz CT molecular complexity index is 380. The third-order valence-electron chi connectivity index (χ3n) is 6.71. The zero-order valence-electron chi connectivity index (χ0n) is 14.8. The molecular weight excluding hydrogens is 260 g/mol. The Morgan fingerprint density at radius 2 is 1.67 bits per heavy atom. The zero-order valence-corrected chi connectivity index (χ0v) is 14.8. The Balaban J connectivity index is 1.72. The number of rotatable bonds is 3. The first-order valence-corrected chi connectivity index (χ1v) is 9.11. The van der Waals surface area contributed by atoms with E-state index < -0.39 is 0 Å². The second-order valence-electron chi connectivity index (χ2n) is 8.86. The summed E-state index contributed by atoms with van der Waals surface area (Å²) in [6.45, 7) is 15.1. The summed E-state index contributed by atoms with van der Waals surface area (Å²) in [4.78, 5) is 0. The highest BCUT2D eigenvalue weighted by atomic mass is 16.6. The van der Waals surface area contributed by atoms with Gasteiger partial charge in [0.1, 0.15) is 0 Å².